The Morgan fingerprint density at radius 1 is 1.20 bits per heavy atom. The van der Waals surface area contributed by atoms with Crippen LogP contribution in [0.25, 0.3) is 0 Å². The van der Waals surface area contributed by atoms with Crippen LogP contribution >= 0.6 is 0 Å². The molecule has 4 heteroatoms. The number of benzene rings is 1. The van der Waals surface area contributed by atoms with Gasteiger partial charge in [0.15, 0.2) is 0 Å². The van der Waals surface area contributed by atoms with E-state index in [1.807, 2.05) is 29.2 Å². The van der Waals surface area contributed by atoms with Crippen molar-refractivity contribution in [2.24, 2.45) is 5.41 Å². The fourth-order valence-corrected chi connectivity index (χ4v) is 3.45. The lowest BCUT2D eigenvalue weighted by Crippen LogP contribution is -2.38. The maximum atomic E-state index is 12.8. The molecular formula is C16H21NO3. The molecule has 1 aliphatic carbocycles. The van der Waals surface area contributed by atoms with Gasteiger partial charge in [0.25, 0.3) is 0 Å². The lowest BCUT2D eigenvalue weighted by Gasteiger charge is -2.33. The number of aliphatic hydroxyl groups excluding tert-OH is 1. The number of ether oxygens (including phenoxy) is 1. The van der Waals surface area contributed by atoms with Gasteiger partial charge in [-0.1, -0.05) is 0 Å². The fourth-order valence-electron chi connectivity index (χ4n) is 3.45. The van der Waals surface area contributed by atoms with Crippen LogP contribution in [0.15, 0.2) is 24.3 Å². The van der Waals surface area contributed by atoms with Crippen molar-refractivity contribution in [2.75, 3.05) is 18.6 Å². The van der Waals surface area contributed by atoms with Crippen molar-refractivity contribution in [3.8, 4) is 5.75 Å². The molecule has 1 saturated heterocycles. The molecule has 2 aliphatic rings. The van der Waals surface area contributed by atoms with Crippen LogP contribution in [0, 0.1) is 5.41 Å². The minimum Gasteiger partial charge on any atom is -0.497 e. The van der Waals surface area contributed by atoms with Crippen molar-refractivity contribution in [1.82, 2.24) is 0 Å². The molecule has 1 aromatic rings. The zero-order valence-electron chi connectivity index (χ0n) is 11.8. The summed E-state index contributed by atoms with van der Waals surface area (Å²) in [5, 5.41) is 9.64. The van der Waals surface area contributed by atoms with Crippen LogP contribution in [0.5, 0.6) is 5.75 Å². The Kier molecular flexibility index (Phi) is 3.42. The van der Waals surface area contributed by atoms with Crippen molar-refractivity contribution in [3.05, 3.63) is 24.3 Å². The molecule has 0 bridgehead atoms. The molecule has 0 atom stereocenters. The van der Waals surface area contributed by atoms with Gasteiger partial charge in [-0.25, -0.2) is 0 Å². The van der Waals surface area contributed by atoms with E-state index in [1.54, 1.807) is 7.11 Å². The summed E-state index contributed by atoms with van der Waals surface area (Å²) in [5.74, 6) is 1.03. The van der Waals surface area contributed by atoms with Crippen molar-refractivity contribution < 1.29 is 14.6 Å². The Hall–Kier alpha value is -1.55. The molecule has 0 radical (unpaired) electrons. The number of methoxy groups -OCH3 is 1. The molecule has 1 N–H and O–H groups in total. The van der Waals surface area contributed by atoms with Gasteiger partial charge in [-0.3, -0.25) is 4.79 Å². The van der Waals surface area contributed by atoms with Crippen molar-refractivity contribution >= 4 is 11.6 Å². The van der Waals surface area contributed by atoms with E-state index in [0.29, 0.717) is 0 Å². The van der Waals surface area contributed by atoms with Crippen LogP contribution in [-0.4, -0.2) is 30.8 Å². The molecule has 1 aromatic carbocycles. The maximum absolute atomic E-state index is 12.8. The summed E-state index contributed by atoms with van der Waals surface area (Å²) in [4.78, 5) is 14.6. The van der Waals surface area contributed by atoms with Gasteiger partial charge in [-0.2, -0.15) is 0 Å². The highest BCUT2D eigenvalue weighted by molar-refractivity contribution is 6.00. The van der Waals surface area contributed by atoms with E-state index in [2.05, 4.69) is 0 Å². The van der Waals surface area contributed by atoms with E-state index in [-0.39, 0.29) is 17.4 Å². The lowest BCUT2D eigenvalue weighted by molar-refractivity contribution is -0.128. The SMILES string of the molecule is COc1ccc(N2CCC3(CCC(O)CC3)C2=O)cc1. The molecule has 108 valence electrons. The Morgan fingerprint density at radius 3 is 2.45 bits per heavy atom. The molecule has 1 spiro atoms. The molecule has 1 heterocycles. The van der Waals surface area contributed by atoms with E-state index in [1.165, 1.54) is 0 Å². The quantitative estimate of drug-likeness (QED) is 0.901. The molecular weight excluding hydrogens is 254 g/mol. The Bertz CT molecular complexity index is 489. The van der Waals surface area contributed by atoms with Crippen LogP contribution < -0.4 is 9.64 Å². The Balaban J connectivity index is 1.78. The molecule has 1 saturated carbocycles. The van der Waals surface area contributed by atoms with Gasteiger partial charge in [-0.05, 0) is 56.4 Å². The van der Waals surface area contributed by atoms with Crippen molar-refractivity contribution in [2.45, 2.75) is 38.2 Å². The van der Waals surface area contributed by atoms with Gasteiger partial charge in [0, 0.05) is 12.2 Å². The van der Waals surface area contributed by atoms with E-state index in [9.17, 15) is 9.90 Å². The summed E-state index contributed by atoms with van der Waals surface area (Å²) in [6, 6.07) is 7.65. The van der Waals surface area contributed by atoms with E-state index < -0.39 is 0 Å². The number of hydrogen-bond donors (Lipinski definition) is 1. The van der Waals surface area contributed by atoms with E-state index in [4.69, 9.17) is 4.74 Å². The average Bonchev–Trinajstić information content (AvgIpc) is 2.80. The van der Waals surface area contributed by atoms with E-state index in [0.717, 1.165) is 50.1 Å². The van der Waals surface area contributed by atoms with Gasteiger partial charge in [0.05, 0.1) is 18.6 Å². The van der Waals surface area contributed by atoms with Gasteiger partial charge < -0.3 is 14.7 Å². The van der Waals surface area contributed by atoms with Gasteiger partial charge in [0.2, 0.25) is 5.91 Å². The molecule has 1 amide bonds. The average molecular weight is 275 g/mol. The van der Waals surface area contributed by atoms with Crippen LogP contribution in [0.4, 0.5) is 5.69 Å². The third kappa shape index (κ3) is 2.18. The number of amides is 1. The Morgan fingerprint density at radius 2 is 1.85 bits per heavy atom. The van der Waals surface area contributed by atoms with Crippen molar-refractivity contribution in [3.63, 3.8) is 0 Å². The zero-order valence-corrected chi connectivity index (χ0v) is 11.8. The number of nitrogens with zero attached hydrogens (tertiary/aromatic N) is 1. The number of carbonyl (C=O) groups is 1. The number of carbonyl (C=O) groups excluding carboxylic acids is 1. The van der Waals surface area contributed by atoms with Crippen LogP contribution in [0.3, 0.4) is 0 Å². The number of hydrogen-bond acceptors (Lipinski definition) is 3. The fraction of sp³-hybridized carbons (Fsp3) is 0.562. The summed E-state index contributed by atoms with van der Waals surface area (Å²) in [5.41, 5.74) is 0.720. The zero-order chi connectivity index (χ0) is 14.2. The van der Waals surface area contributed by atoms with E-state index >= 15 is 0 Å². The normalized spacial score (nSPS) is 30.0. The first kappa shape index (κ1) is 13.4. The first-order chi connectivity index (χ1) is 9.64. The highest BCUT2D eigenvalue weighted by Crippen LogP contribution is 2.46. The summed E-state index contributed by atoms with van der Waals surface area (Å²) in [7, 11) is 1.64. The molecule has 2 fully saturated rings. The largest absolute Gasteiger partial charge is 0.497 e. The highest BCUT2D eigenvalue weighted by atomic mass is 16.5. The second-order valence-corrected chi connectivity index (χ2v) is 5.92. The van der Waals surface area contributed by atoms with Gasteiger partial charge in [-0.15, -0.1) is 0 Å². The summed E-state index contributed by atoms with van der Waals surface area (Å²) < 4.78 is 5.15. The molecule has 3 rings (SSSR count). The topological polar surface area (TPSA) is 49.8 Å². The monoisotopic (exact) mass is 275 g/mol. The molecule has 0 unspecified atom stereocenters. The number of rotatable bonds is 2. The summed E-state index contributed by atoms with van der Waals surface area (Å²) in [6.45, 7) is 0.779. The summed E-state index contributed by atoms with van der Waals surface area (Å²) >= 11 is 0. The molecule has 20 heavy (non-hydrogen) atoms. The second kappa shape index (κ2) is 5.09. The molecule has 0 aromatic heterocycles. The summed E-state index contributed by atoms with van der Waals surface area (Å²) in [6.07, 6.45) is 3.83. The first-order valence-electron chi connectivity index (χ1n) is 7.29. The smallest absolute Gasteiger partial charge is 0.233 e. The van der Waals surface area contributed by atoms with Crippen LogP contribution in [-0.2, 0) is 4.79 Å². The predicted octanol–water partition coefficient (Wildman–Crippen LogP) is 2.35. The highest BCUT2D eigenvalue weighted by Gasteiger charge is 2.48. The number of aliphatic hydroxyl groups is 1. The third-order valence-electron chi connectivity index (χ3n) is 4.81. The second-order valence-electron chi connectivity index (χ2n) is 5.92. The standard InChI is InChI=1S/C16H21NO3/c1-20-14-4-2-12(3-5-14)17-11-10-16(15(17)19)8-6-13(18)7-9-16/h2-5,13,18H,6-11H2,1H3. The van der Waals surface area contributed by atoms with Gasteiger partial charge >= 0.3 is 0 Å². The first-order valence-corrected chi connectivity index (χ1v) is 7.29. The Labute approximate surface area is 119 Å². The number of anilines is 1. The lowest BCUT2D eigenvalue weighted by atomic mass is 9.72. The minimum atomic E-state index is -0.223. The maximum Gasteiger partial charge on any atom is 0.233 e. The molecule has 4 nitrogen and oxygen atoms in total. The van der Waals surface area contributed by atoms with Crippen LogP contribution in [0.2, 0.25) is 0 Å². The van der Waals surface area contributed by atoms with Crippen LogP contribution in [0.1, 0.15) is 32.1 Å². The minimum absolute atomic E-state index is 0.219. The molecule has 1 aliphatic heterocycles. The third-order valence-corrected chi connectivity index (χ3v) is 4.81. The predicted molar refractivity (Wildman–Crippen MR) is 76.9 cm³/mol. The van der Waals surface area contributed by atoms with Crippen molar-refractivity contribution in [1.29, 1.82) is 0 Å². The van der Waals surface area contributed by atoms with Gasteiger partial charge in [0.1, 0.15) is 5.75 Å².